The minimum Gasteiger partial charge on any atom is -0.406 e. The van der Waals surface area contributed by atoms with E-state index in [4.69, 9.17) is 0 Å². The summed E-state index contributed by atoms with van der Waals surface area (Å²) in [7, 11) is -4.30. The lowest BCUT2D eigenvalue weighted by Gasteiger charge is -2.40. The van der Waals surface area contributed by atoms with E-state index >= 15 is 0 Å². The molecule has 1 aliphatic rings. The molecule has 2 aromatic heterocycles. The summed E-state index contributed by atoms with van der Waals surface area (Å²) >= 11 is 1.58. The largest absolute Gasteiger partial charge is 0.573 e. The van der Waals surface area contributed by atoms with Crippen molar-refractivity contribution < 1.29 is 31.1 Å². The lowest BCUT2D eigenvalue weighted by Crippen LogP contribution is -2.60. The molecular formula is C26H24F3N7O4S2. The number of thioether (sulfide) groups is 1. The van der Waals surface area contributed by atoms with E-state index in [-0.39, 0.29) is 31.1 Å². The number of anilines is 1. The molecule has 4 aromatic rings. The highest BCUT2D eigenvalue weighted by atomic mass is 32.2. The van der Waals surface area contributed by atoms with Crippen molar-refractivity contribution in [2.24, 2.45) is 0 Å². The molecular weight excluding hydrogens is 595 g/mol. The van der Waals surface area contributed by atoms with Crippen LogP contribution in [0.3, 0.4) is 0 Å². The van der Waals surface area contributed by atoms with E-state index in [1.54, 1.807) is 16.7 Å². The van der Waals surface area contributed by atoms with Gasteiger partial charge in [-0.15, -0.1) is 24.9 Å². The topological polar surface area (TPSA) is 131 Å². The van der Waals surface area contributed by atoms with Crippen LogP contribution in [0.2, 0.25) is 0 Å². The number of benzene rings is 2. The number of carbonyl (C=O) groups is 1. The van der Waals surface area contributed by atoms with Gasteiger partial charge in [0.25, 0.3) is 0 Å². The highest BCUT2D eigenvalue weighted by molar-refractivity contribution is 7.98. The number of halogens is 3. The van der Waals surface area contributed by atoms with Crippen molar-refractivity contribution >= 4 is 44.7 Å². The first-order valence-corrected chi connectivity index (χ1v) is 15.2. The molecule has 0 spiro atoms. The fourth-order valence-electron chi connectivity index (χ4n) is 4.38. The number of hydrogen-bond acceptors (Lipinski definition) is 10. The molecule has 16 heteroatoms. The Balaban J connectivity index is 1.41. The molecule has 11 nitrogen and oxygen atoms in total. The number of piperazine rings is 1. The van der Waals surface area contributed by atoms with Crippen LogP contribution < -0.4 is 15.0 Å². The number of ether oxygens (including phenoxy) is 1. The summed E-state index contributed by atoms with van der Waals surface area (Å²) in [4.78, 5) is 32.9. The number of nitrogens with one attached hydrogen (secondary N) is 1. The molecule has 1 amide bonds. The van der Waals surface area contributed by atoms with E-state index in [1.165, 1.54) is 18.7 Å². The van der Waals surface area contributed by atoms with Crippen LogP contribution in [0.15, 0.2) is 77.0 Å². The average molecular weight is 620 g/mol. The summed E-state index contributed by atoms with van der Waals surface area (Å²) in [5.74, 6) is -0.714. The number of carbonyl (C=O) groups excluding carboxylic acids is 1. The smallest absolute Gasteiger partial charge is 0.406 e. The Labute approximate surface area is 243 Å². The monoisotopic (exact) mass is 619 g/mol. The number of amides is 1. The predicted molar refractivity (Wildman–Crippen MR) is 148 cm³/mol. The van der Waals surface area contributed by atoms with Crippen molar-refractivity contribution in [1.29, 1.82) is 0 Å². The Morgan fingerprint density at radius 2 is 1.81 bits per heavy atom. The quantitative estimate of drug-likeness (QED) is 0.294. The first kappa shape index (κ1) is 29.5. The summed E-state index contributed by atoms with van der Waals surface area (Å²) in [6, 6.07) is 10.2. The molecule has 42 heavy (non-hydrogen) atoms. The molecule has 1 atom stereocenters. The lowest BCUT2D eigenvalue weighted by atomic mass is 10.1. The van der Waals surface area contributed by atoms with Gasteiger partial charge in [0, 0.05) is 31.1 Å². The average Bonchev–Trinajstić information content (AvgIpc) is 2.99. The zero-order chi connectivity index (χ0) is 29.9. The van der Waals surface area contributed by atoms with Crippen molar-refractivity contribution in [3.63, 3.8) is 0 Å². The molecule has 5 rings (SSSR count). The van der Waals surface area contributed by atoms with Crippen molar-refractivity contribution in [3.8, 4) is 5.75 Å². The highest BCUT2D eigenvalue weighted by Crippen LogP contribution is 2.28. The van der Waals surface area contributed by atoms with Gasteiger partial charge in [-0.25, -0.2) is 28.4 Å². The second-order valence-corrected chi connectivity index (χ2v) is 11.9. The summed E-state index contributed by atoms with van der Waals surface area (Å²) in [6.45, 7) is 0.165. The van der Waals surface area contributed by atoms with Crippen LogP contribution in [0.1, 0.15) is 5.56 Å². The second kappa shape index (κ2) is 12.1. The van der Waals surface area contributed by atoms with Gasteiger partial charge in [0.1, 0.15) is 29.5 Å². The highest BCUT2D eigenvalue weighted by Gasteiger charge is 2.41. The summed E-state index contributed by atoms with van der Waals surface area (Å²) in [6.07, 6.45) is 1.37. The minimum absolute atomic E-state index is 0.0585. The first-order chi connectivity index (χ1) is 20.0. The van der Waals surface area contributed by atoms with Crippen LogP contribution >= 0.6 is 11.8 Å². The molecule has 1 N–H and O–H groups in total. The maximum Gasteiger partial charge on any atom is 0.573 e. The van der Waals surface area contributed by atoms with E-state index in [0.29, 0.717) is 17.0 Å². The molecule has 1 saturated heterocycles. The molecule has 2 aromatic carbocycles. The van der Waals surface area contributed by atoms with Gasteiger partial charge in [-0.3, -0.25) is 4.79 Å². The molecule has 1 fully saturated rings. The fraction of sp³-hybridized carbons (Fsp3) is 0.269. The van der Waals surface area contributed by atoms with Crippen LogP contribution in [0, 0.1) is 0 Å². The third kappa shape index (κ3) is 6.71. The first-order valence-electron chi connectivity index (χ1n) is 12.5. The Morgan fingerprint density at radius 3 is 2.50 bits per heavy atom. The molecule has 0 aliphatic carbocycles. The van der Waals surface area contributed by atoms with Gasteiger partial charge < -0.3 is 15.0 Å². The minimum atomic E-state index is -4.92. The molecule has 1 aliphatic heterocycles. The van der Waals surface area contributed by atoms with Crippen LogP contribution in [-0.2, 0) is 21.4 Å². The van der Waals surface area contributed by atoms with Crippen molar-refractivity contribution in [3.05, 3.63) is 72.8 Å². The zero-order valence-corrected chi connectivity index (χ0v) is 23.7. The van der Waals surface area contributed by atoms with Crippen molar-refractivity contribution in [1.82, 2.24) is 29.6 Å². The van der Waals surface area contributed by atoms with Gasteiger partial charge in [-0.1, -0.05) is 12.1 Å². The molecule has 0 saturated carbocycles. The number of rotatable bonds is 8. The number of nitrogens with zero attached hydrogens (tertiary/aromatic N) is 6. The van der Waals surface area contributed by atoms with E-state index < -0.39 is 34.1 Å². The standard InChI is InChI=1S/C26H24F3N7O4S2/c1-41-19-6-2-17(3-7-19)12-32-25(37)22-15-35(23-14-31-21-13-30-16-33-24(21)34-23)10-11-36(22)42(38,39)20-8-4-18(5-9-20)40-26(27,28)29/h2-9,13-14,16,22H,10-12,15H2,1H3,(H,32,37)/t22-/m1/s1. The summed E-state index contributed by atoms with van der Waals surface area (Å²) in [5, 5.41) is 2.82. The second-order valence-electron chi connectivity index (χ2n) is 9.12. The molecule has 3 heterocycles. The fourth-order valence-corrected chi connectivity index (χ4v) is 6.36. The lowest BCUT2D eigenvalue weighted by molar-refractivity contribution is -0.274. The molecule has 220 valence electrons. The van der Waals surface area contributed by atoms with Crippen molar-refractivity contribution in [2.75, 3.05) is 30.8 Å². The SMILES string of the molecule is CSc1ccc(CNC(=O)[C@H]2CN(c3cnc4cncnc4n3)CCN2S(=O)(=O)c2ccc(OC(F)(F)F)cc2)cc1. The van der Waals surface area contributed by atoms with E-state index in [0.717, 1.165) is 39.0 Å². The van der Waals surface area contributed by atoms with Crippen LogP contribution in [0.5, 0.6) is 5.75 Å². The maximum atomic E-state index is 13.7. The Kier molecular flexibility index (Phi) is 8.47. The molecule has 0 unspecified atom stereocenters. The summed E-state index contributed by atoms with van der Waals surface area (Å²) < 4.78 is 70.0. The Morgan fingerprint density at radius 1 is 1.07 bits per heavy atom. The van der Waals surface area contributed by atoms with Gasteiger partial charge in [-0.2, -0.15) is 4.31 Å². The van der Waals surface area contributed by atoms with Crippen LogP contribution in [0.25, 0.3) is 11.2 Å². The maximum absolute atomic E-state index is 13.7. The van der Waals surface area contributed by atoms with Crippen LogP contribution in [-0.4, -0.2) is 76.9 Å². The van der Waals surface area contributed by atoms with E-state index in [1.807, 2.05) is 30.5 Å². The predicted octanol–water partition coefficient (Wildman–Crippen LogP) is 3.24. The molecule has 0 radical (unpaired) electrons. The third-order valence-corrected chi connectivity index (χ3v) is 9.13. The van der Waals surface area contributed by atoms with Gasteiger partial charge in [0.05, 0.1) is 17.3 Å². The number of hydrogen-bond donors (Lipinski definition) is 1. The normalized spacial score (nSPS) is 16.4. The van der Waals surface area contributed by atoms with E-state index in [2.05, 4.69) is 30.0 Å². The van der Waals surface area contributed by atoms with Gasteiger partial charge in [-0.05, 0) is 48.2 Å². The van der Waals surface area contributed by atoms with Gasteiger partial charge in [0.15, 0.2) is 5.65 Å². The molecule has 0 bridgehead atoms. The number of fused-ring (bicyclic) bond motifs is 1. The Hall–Kier alpha value is -4.02. The Bertz CT molecular complexity index is 1670. The number of aromatic nitrogens is 4. The third-order valence-electron chi connectivity index (χ3n) is 6.46. The van der Waals surface area contributed by atoms with Crippen LogP contribution in [0.4, 0.5) is 19.0 Å². The van der Waals surface area contributed by atoms with Gasteiger partial charge in [0.2, 0.25) is 15.9 Å². The number of alkyl halides is 3. The van der Waals surface area contributed by atoms with E-state index in [9.17, 15) is 26.4 Å². The zero-order valence-electron chi connectivity index (χ0n) is 22.0. The van der Waals surface area contributed by atoms with Gasteiger partial charge >= 0.3 is 6.36 Å². The number of sulfonamides is 1. The van der Waals surface area contributed by atoms with Crippen molar-refractivity contribution in [2.45, 2.75) is 28.7 Å². The summed E-state index contributed by atoms with van der Waals surface area (Å²) in [5.41, 5.74) is 1.64.